The smallest absolute Gasteiger partial charge is 0.224 e. The van der Waals surface area contributed by atoms with E-state index in [1.54, 1.807) is 4.90 Å². The zero-order valence-electron chi connectivity index (χ0n) is 11.3. The third kappa shape index (κ3) is 2.36. The number of hydrogen-bond donors (Lipinski definition) is 1. The van der Waals surface area contributed by atoms with E-state index in [0.29, 0.717) is 19.4 Å². The van der Waals surface area contributed by atoms with Crippen LogP contribution in [0.1, 0.15) is 30.5 Å². The zero-order valence-corrected chi connectivity index (χ0v) is 12.1. The highest BCUT2D eigenvalue weighted by molar-refractivity contribution is 8.14. The average Bonchev–Trinajstić information content (AvgIpc) is 2.87. The Morgan fingerprint density at radius 1 is 1.35 bits per heavy atom. The first-order valence-corrected chi connectivity index (χ1v) is 7.67. The second-order valence-corrected chi connectivity index (χ2v) is 6.87. The van der Waals surface area contributed by atoms with E-state index < -0.39 is 6.10 Å². The van der Waals surface area contributed by atoms with Gasteiger partial charge in [0.2, 0.25) is 5.91 Å². The molecule has 1 heterocycles. The van der Waals surface area contributed by atoms with Gasteiger partial charge in [0, 0.05) is 31.6 Å². The van der Waals surface area contributed by atoms with E-state index in [0.717, 1.165) is 11.1 Å². The summed E-state index contributed by atoms with van der Waals surface area (Å²) in [5.74, 6) is 0.0319. The standard InChI is InChI=1S/C15H17NO3S/c1-9(17)20-11-7-14(19)16(8-11)15-12-5-3-2-4-10(12)6-13(15)18/h2-5,11,13,15,18H,6-8H2,1H3. The molecule has 1 saturated heterocycles. The third-order valence-corrected chi connectivity index (χ3v) is 4.94. The van der Waals surface area contributed by atoms with Gasteiger partial charge in [0.1, 0.15) is 0 Å². The van der Waals surface area contributed by atoms with E-state index in [-0.39, 0.29) is 22.3 Å². The van der Waals surface area contributed by atoms with Crippen LogP contribution in [0.5, 0.6) is 0 Å². The predicted octanol–water partition coefficient (Wildman–Crippen LogP) is 1.53. The summed E-state index contributed by atoms with van der Waals surface area (Å²) in [6.07, 6.45) is 0.433. The number of aliphatic hydroxyl groups excluding tert-OH is 1. The molecule has 3 unspecified atom stereocenters. The van der Waals surface area contributed by atoms with Gasteiger partial charge in [-0.15, -0.1) is 0 Å². The van der Waals surface area contributed by atoms with Crippen LogP contribution >= 0.6 is 11.8 Å². The number of amides is 1. The zero-order chi connectivity index (χ0) is 14.3. The van der Waals surface area contributed by atoms with Crippen molar-refractivity contribution in [3.63, 3.8) is 0 Å². The molecular formula is C15H17NO3S. The molecule has 0 spiro atoms. The lowest BCUT2D eigenvalue weighted by Gasteiger charge is -2.28. The van der Waals surface area contributed by atoms with Crippen LogP contribution in [0.15, 0.2) is 24.3 Å². The monoisotopic (exact) mass is 291 g/mol. The molecule has 3 rings (SSSR count). The van der Waals surface area contributed by atoms with Crippen LogP contribution < -0.4 is 0 Å². The maximum atomic E-state index is 12.2. The molecule has 0 aromatic heterocycles. The van der Waals surface area contributed by atoms with Crippen molar-refractivity contribution in [1.82, 2.24) is 4.90 Å². The number of benzene rings is 1. The fourth-order valence-electron chi connectivity index (χ4n) is 3.21. The molecular weight excluding hydrogens is 274 g/mol. The first-order chi connectivity index (χ1) is 9.56. The highest BCUT2D eigenvalue weighted by Crippen LogP contribution is 2.39. The molecule has 4 nitrogen and oxygen atoms in total. The van der Waals surface area contributed by atoms with E-state index in [2.05, 4.69) is 0 Å². The highest BCUT2D eigenvalue weighted by Gasteiger charge is 2.42. The fourth-order valence-corrected chi connectivity index (χ4v) is 4.14. The minimum absolute atomic E-state index is 0.0139. The average molecular weight is 291 g/mol. The van der Waals surface area contributed by atoms with Crippen LogP contribution in [0.2, 0.25) is 0 Å². The molecule has 0 saturated carbocycles. The van der Waals surface area contributed by atoms with Gasteiger partial charge in [-0.2, -0.15) is 0 Å². The van der Waals surface area contributed by atoms with Gasteiger partial charge in [-0.3, -0.25) is 9.59 Å². The minimum atomic E-state index is -0.544. The Morgan fingerprint density at radius 2 is 2.10 bits per heavy atom. The Balaban J connectivity index is 1.83. The molecule has 0 bridgehead atoms. The number of thioether (sulfide) groups is 1. The van der Waals surface area contributed by atoms with Gasteiger partial charge < -0.3 is 10.0 Å². The summed E-state index contributed by atoms with van der Waals surface area (Å²) in [5, 5.41) is 10.3. The summed E-state index contributed by atoms with van der Waals surface area (Å²) in [5.41, 5.74) is 2.15. The van der Waals surface area contributed by atoms with Crippen LogP contribution in [0.25, 0.3) is 0 Å². The number of fused-ring (bicyclic) bond motifs is 1. The van der Waals surface area contributed by atoms with Crippen molar-refractivity contribution in [2.45, 2.75) is 37.2 Å². The molecule has 106 valence electrons. The number of likely N-dealkylation sites (tertiary alicyclic amines) is 1. The number of carbonyl (C=O) groups is 2. The van der Waals surface area contributed by atoms with Crippen molar-refractivity contribution < 1.29 is 14.7 Å². The number of hydrogen-bond acceptors (Lipinski definition) is 4. The van der Waals surface area contributed by atoms with Crippen molar-refractivity contribution in [3.8, 4) is 0 Å². The molecule has 0 radical (unpaired) electrons. The molecule has 2 aliphatic rings. The number of carbonyl (C=O) groups excluding carboxylic acids is 2. The van der Waals surface area contributed by atoms with Crippen LogP contribution in [0, 0.1) is 0 Å². The Hall–Kier alpha value is -1.33. The lowest BCUT2D eigenvalue weighted by molar-refractivity contribution is -0.131. The van der Waals surface area contributed by atoms with Crippen LogP contribution in [-0.4, -0.2) is 38.9 Å². The molecule has 20 heavy (non-hydrogen) atoms. The Kier molecular flexibility index (Phi) is 3.56. The number of rotatable bonds is 2. The van der Waals surface area contributed by atoms with Gasteiger partial charge >= 0.3 is 0 Å². The SMILES string of the molecule is CC(=O)SC1CC(=O)N(C2c3ccccc3CC2O)C1. The Labute approximate surface area is 122 Å². The minimum Gasteiger partial charge on any atom is -0.390 e. The summed E-state index contributed by atoms with van der Waals surface area (Å²) in [6.45, 7) is 2.07. The van der Waals surface area contributed by atoms with Crippen LogP contribution in [0.4, 0.5) is 0 Å². The van der Waals surface area contributed by atoms with Gasteiger partial charge in [0.15, 0.2) is 5.12 Å². The molecule has 1 aliphatic carbocycles. The maximum Gasteiger partial charge on any atom is 0.224 e. The Bertz CT molecular complexity index is 560. The van der Waals surface area contributed by atoms with Gasteiger partial charge in [-0.25, -0.2) is 0 Å². The second kappa shape index (κ2) is 5.22. The second-order valence-electron chi connectivity index (χ2n) is 5.40. The van der Waals surface area contributed by atoms with Crippen molar-refractivity contribution in [1.29, 1.82) is 0 Å². The van der Waals surface area contributed by atoms with Gasteiger partial charge in [0.05, 0.1) is 12.1 Å². The van der Waals surface area contributed by atoms with E-state index in [1.165, 1.54) is 18.7 Å². The first kappa shape index (κ1) is 13.6. The molecule has 1 amide bonds. The normalized spacial score (nSPS) is 28.8. The van der Waals surface area contributed by atoms with Crippen molar-refractivity contribution in [2.75, 3.05) is 6.54 Å². The number of nitrogens with zero attached hydrogens (tertiary/aromatic N) is 1. The molecule has 1 aliphatic heterocycles. The molecule has 3 atom stereocenters. The van der Waals surface area contributed by atoms with E-state index in [1.807, 2.05) is 24.3 Å². The predicted molar refractivity (Wildman–Crippen MR) is 77.3 cm³/mol. The third-order valence-electron chi connectivity index (χ3n) is 3.96. The Morgan fingerprint density at radius 3 is 2.85 bits per heavy atom. The van der Waals surface area contributed by atoms with Crippen molar-refractivity contribution in [3.05, 3.63) is 35.4 Å². The van der Waals surface area contributed by atoms with E-state index >= 15 is 0 Å². The first-order valence-electron chi connectivity index (χ1n) is 6.79. The van der Waals surface area contributed by atoms with Gasteiger partial charge in [-0.05, 0) is 11.1 Å². The molecule has 1 aromatic carbocycles. The molecule has 1 N–H and O–H groups in total. The van der Waals surface area contributed by atoms with E-state index in [9.17, 15) is 14.7 Å². The van der Waals surface area contributed by atoms with Crippen molar-refractivity contribution >= 4 is 22.8 Å². The maximum absolute atomic E-state index is 12.2. The van der Waals surface area contributed by atoms with E-state index in [4.69, 9.17) is 0 Å². The number of aliphatic hydroxyl groups is 1. The van der Waals surface area contributed by atoms with Gasteiger partial charge in [0.25, 0.3) is 0 Å². The topological polar surface area (TPSA) is 57.6 Å². The molecule has 1 aromatic rings. The summed E-state index contributed by atoms with van der Waals surface area (Å²) in [4.78, 5) is 25.1. The summed E-state index contributed by atoms with van der Waals surface area (Å²) < 4.78 is 0. The van der Waals surface area contributed by atoms with Crippen LogP contribution in [-0.2, 0) is 16.0 Å². The van der Waals surface area contributed by atoms with Crippen LogP contribution in [0.3, 0.4) is 0 Å². The highest BCUT2D eigenvalue weighted by atomic mass is 32.2. The largest absolute Gasteiger partial charge is 0.390 e. The lowest BCUT2D eigenvalue weighted by Crippen LogP contribution is -2.35. The molecule has 5 heteroatoms. The quantitative estimate of drug-likeness (QED) is 0.897. The summed E-state index contributed by atoms with van der Waals surface area (Å²) in [6, 6.07) is 7.62. The summed E-state index contributed by atoms with van der Waals surface area (Å²) >= 11 is 1.23. The summed E-state index contributed by atoms with van der Waals surface area (Å²) in [7, 11) is 0. The molecule has 1 fully saturated rings. The lowest BCUT2D eigenvalue weighted by atomic mass is 10.1. The van der Waals surface area contributed by atoms with Crippen molar-refractivity contribution in [2.24, 2.45) is 0 Å². The van der Waals surface area contributed by atoms with Gasteiger partial charge in [-0.1, -0.05) is 36.0 Å². The fraction of sp³-hybridized carbons (Fsp3) is 0.467.